The first kappa shape index (κ1) is 107. The SMILES string of the molecule is CCCCOCC1O[C@H](OCC2O[C@@H](O[C@@H]3C(COCCCC)O[C@@H](OCCCC)[C@@H](C)C3OCCCC)[C@H](OCCCC)C(O[C@@H]3OC(COCCCC)[C@H](OCCCC)C(OCCCC)[C@@H]3OC(C)=O)[C@@H]2OCCCC)[C@H](O[C@H](OC(COCCCC)[C@H](C)OCCCC)[C@@H](C)COCCCC)C(OCCCC)[C@@H]1OCCCC. The van der Waals surface area contributed by atoms with Gasteiger partial charge in [-0.3, -0.25) is 4.79 Å². The van der Waals surface area contributed by atoms with E-state index >= 15 is 0 Å². The summed E-state index contributed by atoms with van der Waals surface area (Å²) in [6.45, 7) is 44.8. The Morgan fingerprint density at radius 2 is 0.629 bits per heavy atom. The lowest BCUT2D eigenvalue weighted by Gasteiger charge is -2.52. The summed E-state index contributed by atoms with van der Waals surface area (Å²) in [5, 5.41) is 0. The molecule has 9 unspecified atom stereocenters. The third-order valence-corrected chi connectivity index (χ3v) is 21.7. The Morgan fingerprint density at radius 3 is 1.08 bits per heavy atom. The molecule has 0 spiro atoms. The van der Waals surface area contributed by atoms with E-state index in [1.165, 1.54) is 6.92 Å². The van der Waals surface area contributed by atoms with Gasteiger partial charge in [0, 0.05) is 111 Å². The van der Waals surface area contributed by atoms with Crippen molar-refractivity contribution in [3.05, 3.63) is 0 Å². The van der Waals surface area contributed by atoms with Gasteiger partial charge in [0.05, 0.1) is 51.8 Å². The number of hydrogen-bond acceptors (Lipinski definition) is 25. The maximum absolute atomic E-state index is 14.0. The summed E-state index contributed by atoms with van der Waals surface area (Å²) in [5.41, 5.74) is 0. The van der Waals surface area contributed by atoms with Crippen molar-refractivity contribution in [3.63, 3.8) is 0 Å². The fraction of sp³-hybridized carbons (Fsp3) is 0.989. The minimum atomic E-state index is -1.33. The fourth-order valence-electron chi connectivity index (χ4n) is 14.1. The zero-order valence-electron chi connectivity index (χ0n) is 76.5. The average molecular weight is 1670 g/mol. The molecule has 25 heteroatoms. The zero-order chi connectivity index (χ0) is 84.3. The van der Waals surface area contributed by atoms with Crippen molar-refractivity contribution in [1.29, 1.82) is 0 Å². The topological polar surface area (TPSA) is 239 Å². The largest absolute Gasteiger partial charge is 0.454 e. The van der Waals surface area contributed by atoms with E-state index in [4.69, 9.17) is 114 Å². The molecule has 24 atom stereocenters. The number of esters is 1. The van der Waals surface area contributed by atoms with Gasteiger partial charge in [-0.1, -0.05) is 201 Å². The van der Waals surface area contributed by atoms with Crippen molar-refractivity contribution >= 4 is 5.97 Å². The highest BCUT2D eigenvalue weighted by molar-refractivity contribution is 5.66. The minimum absolute atomic E-state index is 0.142. The molecule has 4 heterocycles. The lowest BCUT2D eigenvalue weighted by molar-refractivity contribution is -0.395. The molecule has 0 aromatic carbocycles. The molecule has 4 saturated heterocycles. The van der Waals surface area contributed by atoms with Crippen molar-refractivity contribution in [1.82, 2.24) is 0 Å². The molecule has 0 aromatic heterocycles. The maximum atomic E-state index is 14.0. The highest BCUT2D eigenvalue weighted by Crippen LogP contribution is 2.41. The Bertz CT molecular complexity index is 2250. The standard InChI is InChI=1S/C91H174O25/c1-19-33-47-93-61-67(15)87(109-71(62-94-48-34-20-2)69(17)98-52-38-24-6)116-85-81(103-57-43-29-11)77(100-54-40-26-8)72(63-95-49-35-21-3)111-89(85)107-66-75-79(102-56-42-28-10)83(115-91-86(108-70(18)92)82(104-58-44-30-12)78(101-55-41-27-9)73(112-91)64-96-50-36-22-4)84(105-59-45-31-13)90(113-75)114-80-74(65-97-51-37-23-5)110-88(106-60-46-32-14)68(16)76(80)99-53-39-25-7/h67-69,71-91H,19-66H2,1-18H3/t67-,68-,69-,71?,72?,73?,74?,75?,76?,77+,78-,79+,80+,81?,82?,83?,84+,85+,86-,87-,88+,89-,90-,91-/m0/s1. The van der Waals surface area contributed by atoms with E-state index < -0.39 is 135 Å². The molecule has 0 bridgehead atoms. The van der Waals surface area contributed by atoms with Gasteiger partial charge >= 0.3 is 5.97 Å². The van der Waals surface area contributed by atoms with Crippen molar-refractivity contribution in [2.24, 2.45) is 11.8 Å². The molecule has 0 amide bonds. The molecule has 0 N–H and O–H groups in total. The van der Waals surface area contributed by atoms with Gasteiger partial charge in [0.15, 0.2) is 37.6 Å². The minimum Gasteiger partial charge on any atom is -0.454 e. The Labute approximate surface area is 704 Å². The van der Waals surface area contributed by atoms with Gasteiger partial charge in [0.25, 0.3) is 0 Å². The first-order valence-corrected chi connectivity index (χ1v) is 47.1. The third-order valence-electron chi connectivity index (χ3n) is 21.7. The molecule has 4 aliphatic rings. The van der Waals surface area contributed by atoms with Crippen LogP contribution < -0.4 is 0 Å². The van der Waals surface area contributed by atoms with Crippen molar-refractivity contribution in [2.45, 2.75) is 440 Å². The molecule has 688 valence electrons. The number of carbonyl (C=O) groups is 1. The zero-order valence-corrected chi connectivity index (χ0v) is 76.5. The lowest BCUT2D eigenvalue weighted by Crippen LogP contribution is -2.68. The molecule has 0 aliphatic carbocycles. The predicted molar refractivity (Wildman–Crippen MR) is 450 cm³/mol. The van der Waals surface area contributed by atoms with Crippen LogP contribution in [-0.4, -0.2) is 273 Å². The van der Waals surface area contributed by atoms with E-state index in [1.807, 2.05) is 6.92 Å². The Balaban J connectivity index is 2.21. The van der Waals surface area contributed by atoms with Gasteiger partial charge < -0.3 is 114 Å². The molecule has 4 rings (SSSR count). The second-order valence-corrected chi connectivity index (χ2v) is 32.4. The van der Waals surface area contributed by atoms with E-state index in [0.717, 1.165) is 167 Å². The maximum Gasteiger partial charge on any atom is 0.303 e. The number of unbranched alkanes of at least 4 members (excludes halogenated alkanes) is 14. The fourth-order valence-corrected chi connectivity index (χ4v) is 14.1. The molecule has 0 radical (unpaired) electrons. The van der Waals surface area contributed by atoms with Crippen molar-refractivity contribution in [3.8, 4) is 0 Å². The van der Waals surface area contributed by atoms with Crippen LogP contribution >= 0.6 is 0 Å². The van der Waals surface area contributed by atoms with E-state index in [2.05, 4.69) is 111 Å². The van der Waals surface area contributed by atoms with Crippen LogP contribution in [0.15, 0.2) is 0 Å². The number of ether oxygens (including phenoxy) is 24. The van der Waals surface area contributed by atoms with E-state index in [-0.39, 0.29) is 64.2 Å². The summed E-state index contributed by atoms with van der Waals surface area (Å²) in [6, 6.07) is 0. The van der Waals surface area contributed by atoms with Gasteiger partial charge in [0.1, 0.15) is 85.5 Å². The molecule has 116 heavy (non-hydrogen) atoms. The molecule has 4 aliphatic heterocycles. The normalized spacial score (nSPS) is 28.9. The van der Waals surface area contributed by atoms with Crippen LogP contribution in [0.4, 0.5) is 0 Å². The van der Waals surface area contributed by atoms with Gasteiger partial charge in [-0.25, -0.2) is 0 Å². The van der Waals surface area contributed by atoms with Crippen molar-refractivity contribution in [2.75, 3.05) is 132 Å². The average Bonchev–Trinajstić information content (AvgIpc) is 0.786. The molecule has 0 aromatic rings. The second-order valence-electron chi connectivity index (χ2n) is 32.4. The van der Waals surface area contributed by atoms with Gasteiger partial charge in [-0.05, 0) is 96.8 Å². The molecule has 25 nitrogen and oxygen atoms in total. The lowest BCUT2D eigenvalue weighted by atomic mass is 9.91. The monoisotopic (exact) mass is 1670 g/mol. The number of carbonyl (C=O) groups excluding carboxylic acids is 1. The summed E-state index contributed by atoms with van der Waals surface area (Å²) >= 11 is 0. The third kappa shape index (κ3) is 40.2. The smallest absolute Gasteiger partial charge is 0.303 e. The van der Waals surface area contributed by atoms with Gasteiger partial charge in [-0.15, -0.1) is 0 Å². The van der Waals surface area contributed by atoms with Crippen LogP contribution in [0, 0.1) is 11.8 Å². The Kier molecular flexibility index (Phi) is 62.6. The van der Waals surface area contributed by atoms with E-state index in [1.54, 1.807) is 0 Å². The molecular weight excluding hydrogens is 1490 g/mol. The van der Waals surface area contributed by atoms with Crippen LogP contribution in [0.25, 0.3) is 0 Å². The quantitative estimate of drug-likeness (QED) is 0.0312. The number of rotatable bonds is 75. The highest BCUT2D eigenvalue weighted by Gasteiger charge is 2.59. The van der Waals surface area contributed by atoms with E-state index in [9.17, 15) is 4.79 Å². The van der Waals surface area contributed by atoms with Crippen LogP contribution in [0.5, 0.6) is 0 Å². The summed E-state index contributed by atoms with van der Waals surface area (Å²) in [4.78, 5) is 14.0. The van der Waals surface area contributed by atoms with Crippen LogP contribution in [0.3, 0.4) is 0 Å². The van der Waals surface area contributed by atoms with Crippen LogP contribution in [-0.2, 0) is 118 Å². The van der Waals surface area contributed by atoms with Gasteiger partial charge in [-0.2, -0.15) is 0 Å². The number of hydrogen-bond donors (Lipinski definition) is 0. The first-order chi connectivity index (χ1) is 56.7. The summed E-state index contributed by atoms with van der Waals surface area (Å²) < 4.78 is 171. The molecule has 0 saturated carbocycles. The Morgan fingerprint density at radius 1 is 0.302 bits per heavy atom. The summed E-state index contributed by atoms with van der Waals surface area (Å²) in [5.74, 6) is -1.23. The first-order valence-electron chi connectivity index (χ1n) is 47.1. The van der Waals surface area contributed by atoms with Gasteiger partial charge in [0.2, 0.25) is 0 Å². The van der Waals surface area contributed by atoms with Crippen LogP contribution in [0.2, 0.25) is 0 Å². The van der Waals surface area contributed by atoms with E-state index in [0.29, 0.717) is 98.7 Å². The van der Waals surface area contributed by atoms with Crippen molar-refractivity contribution < 1.29 is 118 Å². The summed E-state index contributed by atoms with van der Waals surface area (Å²) in [6.07, 6.45) is 4.55. The van der Waals surface area contributed by atoms with Crippen LogP contribution in [0.1, 0.15) is 304 Å². The Hall–Kier alpha value is -1.45. The molecular formula is C91H174O25. The highest BCUT2D eigenvalue weighted by atomic mass is 16.8. The predicted octanol–water partition coefficient (Wildman–Crippen LogP) is 17.4. The molecule has 4 fully saturated rings. The second kappa shape index (κ2) is 67.9. The summed E-state index contributed by atoms with van der Waals surface area (Å²) in [7, 11) is 0.